The summed E-state index contributed by atoms with van der Waals surface area (Å²) >= 11 is 1.32. The fraction of sp³-hybridized carbons (Fsp3) is 0.444. The van der Waals surface area contributed by atoms with Gasteiger partial charge in [-0.05, 0) is 31.5 Å². The molecule has 0 saturated heterocycles. The van der Waals surface area contributed by atoms with E-state index in [-0.39, 0.29) is 42.0 Å². The van der Waals surface area contributed by atoms with Crippen molar-refractivity contribution in [1.82, 2.24) is 4.90 Å². The molecule has 0 N–H and O–H groups in total. The fourth-order valence-corrected chi connectivity index (χ4v) is 3.49. The van der Waals surface area contributed by atoms with E-state index in [1.165, 1.54) is 40.9 Å². The third kappa shape index (κ3) is 4.50. The van der Waals surface area contributed by atoms with Crippen molar-refractivity contribution in [2.45, 2.75) is 39.0 Å². The van der Waals surface area contributed by atoms with Crippen LogP contribution < -0.4 is 0 Å². The number of imide groups is 1. The maximum atomic E-state index is 12.8. The monoisotopic (exact) mass is 378 g/mol. The first-order chi connectivity index (χ1) is 12.2. The van der Waals surface area contributed by atoms with E-state index in [1.807, 2.05) is 27.7 Å². The number of nitro benzene ring substituents is 1. The summed E-state index contributed by atoms with van der Waals surface area (Å²) < 4.78 is 5.45. The number of ether oxygens (including phenoxy) is 1. The minimum atomic E-state index is -0.501. The van der Waals surface area contributed by atoms with Crippen molar-refractivity contribution >= 4 is 34.8 Å². The third-order valence-electron chi connectivity index (χ3n) is 3.61. The fourth-order valence-electron chi connectivity index (χ4n) is 2.49. The van der Waals surface area contributed by atoms with E-state index in [1.54, 1.807) is 0 Å². The lowest BCUT2D eigenvalue weighted by Crippen LogP contribution is -2.35. The Bertz CT molecular complexity index is 740. The molecule has 0 aliphatic carbocycles. The molecule has 7 nitrogen and oxygen atoms in total. The largest absolute Gasteiger partial charge is 0.377 e. The topological polar surface area (TPSA) is 89.8 Å². The Labute approximate surface area is 156 Å². The summed E-state index contributed by atoms with van der Waals surface area (Å²) in [6, 6.07) is 5.69. The predicted octanol–water partition coefficient (Wildman–Crippen LogP) is 3.24. The van der Waals surface area contributed by atoms with Gasteiger partial charge in [0.1, 0.15) is 0 Å². The van der Waals surface area contributed by atoms with Crippen LogP contribution in [0.3, 0.4) is 0 Å². The van der Waals surface area contributed by atoms with Crippen LogP contribution in [0.15, 0.2) is 29.2 Å². The van der Waals surface area contributed by atoms with Crippen molar-refractivity contribution in [3.8, 4) is 0 Å². The Kier molecular flexibility index (Phi) is 6.55. The Morgan fingerprint density at radius 2 is 1.73 bits per heavy atom. The molecule has 1 aliphatic heterocycles. The summed E-state index contributed by atoms with van der Waals surface area (Å²) in [6.07, 6.45) is 0.00872. The molecule has 0 fully saturated rings. The molecule has 1 aromatic rings. The highest BCUT2D eigenvalue weighted by atomic mass is 32.2. The quantitative estimate of drug-likeness (QED) is 0.392. The summed E-state index contributed by atoms with van der Waals surface area (Å²) in [7, 11) is 0. The van der Waals surface area contributed by atoms with Gasteiger partial charge in [0.15, 0.2) is 0 Å². The Morgan fingerprint density at radius 3 is 2.23 bits per heavy atom. The first kappa shape index (κ1) is 20.1. The first-order valence-electron chi connectivity index (χ1n) is 8.36. The number of thioether (sulfide) groups is 1. The van der Waals surface area contributed by atoms with E-state index < -0.39 is 4.92 Å². The minimum Gasteiger partial charge on any atom is -0.377 e. The average Bonchev–Trinajstić information content (AvgIpc) is 2.78. The Balaban J connectivity index is 2.34. The lowest BCUT2D eigenvalue weighted by Gasteiger charge is -2.16. The minimum absolute atomic E-state index is 0.00872. The number of benzene rings is 1. The van der Waals surface area contributed by atoms with Crippen molar-refractivity contribution in [2.75, 3.05) is 13.2 Å². The van der Waals surface area contributed by atoms with E-state index in [4.69, 9.17) is 4.74 Å². The molecule has 0 spiro atoms. The molecule has 140 valence electrons. The van der Waals surface area contributed by atoms with Crippen LogP contribution in [0.25, 0.3) is 5.57 Å². The molecule has 0 unspecified atom stereocenters. The molecular weight excluding hydrogens is 356 g/mol. The third-order valence-corrected chi connectivity index (χ3v) is 4.70. The molecule has 0 saturated carbocycles. The zero-order valence-electron chi connectivity index (χ0n) is 15.2. The Morgan fingerprint density at radius 1 is 1.12 bits per heavy atom. The van der Waals surface area contributed by atoms with Crippen LogP contribution >= 0.6 is 11.8 Å². The van der Waals surface area contributed by atoms with Gasteiger partial charge in [-0.2, -0.15) is 0 Å². The van der Waals surface area contributed by atoms with Crippen LogP contribution in [0, 0.1) is 10.1 Å². The second-order valence-corrected chi connectivity index (χ2v) is 7.94. The number of amides is 2. The molecule has 1 aromatic carbocycles. The predicted molar refractivity (Wildman–Crippen MR) is 101 cm³/mol. The number of hydrogen-bond acceptors (Lipinski definition) is 6. The van der Waals surface area contributed by atoms with Crippen molar-refractivity contribution in [2.24, 2.45) is 0 Å². The standard InChI is InChI=1S/C18H22N2O5S/c1-11(2)25-10-9-19-17(21)15(16(18(19)22)26-12(3)4)13-5-7-14(8-6-13)20(23)24/h5-8,11-12H,9-10H2,1-4H3. The van der Waals surface area contributed by atoms with Crippen LogP contribution in [0.2, 0.25) is 0 Å². The SMILES string of the molecule is CC(C)OCCN1C(=O)C(SC(C)C)=C(c2ccc([N+](=O)[O-])cc2)C1=O. The van der Waals surface area contributed by atoms with Gasteiger partial charge in [-0.1, -0.05) is 13.8 Å². The smallest absolute Gasteiger partial charge is 0.269 e. The summed E-state index contributed by atoms with van der Waals surface area (Å²) in [5.74, 6) is -0.728. The highest BCUT2D eigenvalue weighted by molar-refractivity contribution is 8.04. The number of carbonyl (C=O) groups excluding carboxylic acids is 2. The van der Waals surface area contributed by atoms with Gasteiger partial charge in [0.2, 0.25) is 0 Å². The number of rotatable bonds is 8. The molecule has 0 radical (unpaired) electrons. The molecule has 0 atom stereocenters. The van der Waals surface area contributed by atoms with Gasteiger partial charge in [0.25, 0.3) is 17.5 Å². The zero-order chi connectivity index (χ0) is 19.4. The highest BCUT2D eigenvalue weighted by Gasteiger charge is 2.39. The van der Waals surface area contributed by atoms with Crippen LogP contribution in [-0.4, -0.2) is 46.1 Å². The lowest BCUT2D eigenvalue weighted by molar-refractivity contribution is -0.384. The highest BCUT2D eigenvalue weighted by Crippen LogP contribution is 2.38. The van der Waals surface area contributed by atoms with E-state index in [0.29, 0.717) is 16.0 Å². The maximum absolute atomic E-state index is 12.8. The van der Waals surface area contributed by atoms with E-state index in [0.717, 1.165) is 0 Å². The summed E-state index contributed by atoms with van der Waals surface area (Å²) in [5, 5.41) is 10.9. The molecule has 0 bridgehead atoms. The van der Waals surface area contributed by atoms with Gasteiger partial charge < -0.3 is 4.74 Å². The summed E-state index contributed by atoms with van der Waals surface area (Å²) in [4.78, 5) is 37.5. The molecule has 2 rings (SSSR count). The second kappa shape index (κ2) is 8.46. The van der Waals surface area contributed by atoms with Crippen molar-refractivity contribution in [3.05, 3.63) is 44.8 Å². The van der Waals surface area contributed by atoms with Crippen molar-refractivity contribution < 1.29 is 19.2 Å². The number of nitro groups is 1. The number of carbonyl (C=O) groups is 2. The van der Waals surface area contributed by atoms with E-state index in [9.17, 15) is 19.7 Å². The summed E-state index contributed by atoms with van der Waals surface area (Å²) in [5.41, 5.74) is 0.740. The van der Waals surface area contributed by atoms with Gasteiger partial charge in [0.05, 0.1) is 34.7 Å². The van der Waals surface area contributed by atoms with Crippen molar-refractivity contribution in [3.63, 3.8) is 0 Å². The molecule has 26 heavy (non-hydrogen) atoms. The maximum Gasteiger partial charge on any atom is 0.269 e. The number of hydrogen-bond donors (Lipinski definition) is 0. The number of nitrogens with zero attached hydrogens (tertiary/aromatic N) is 2. The van der Waals surface area contributed by atoms with Gasteiger partial charge in [-0.3, -0.25) is 24.6 Å². The van der Waals surface area contributed by atoms with Gasteiger partial charge in [-0.15, -0.1) is 11.8 Å². The molecule has 1 heterocycles. The molecule has 1 aliphatic rings. The summed E-state index contributed by atoms with van der Waals surface area (Å²) in [6.45, 7) is 8.08. The van der Waals surface area contributed by atoms with Gasteiger partial charge >= 0.3 is 0 Å². The Hall–Kier alpha value is -2.19. The average molecular weight is 378 g/mol. The second-order valence-electron chi connectivity index (χ2n) is 6.36. The normalized spacial score (nSPS) is 14.9. The molecular formula is C18H22N2O5S. The van der Waals surface area contributed by atoms with Crippen LogP contribution in [-0.2, 0) is 14.3 Å². The van der Waals surface area contributed by atoms with E-state index in [2.05, 4.69) is 0 Å². The first-order valence-corrected chi connectivity index (χ1v) is 9.24. The molecule has 0 aromatic heterocycles. The lowest BCUT2D eigenvalue weighted by atomic mass is 10.1. The zero-order valence-corrected chi connectivity index (χ0v) is 16.0. The van der Waals surface area contributed by atoms with Crippen LogP contribution in [0.1, 0.15) is 33.3 Å². The van der Waals surface area contributed by atoms with Gasteiger partial charge in [0, 0.05) is 17.4 Å². The molecule has 2 amide bonds. The van der Waals surface area contributed by atoms with Gasteiger partial charge in [-0.25, -0.2) is 0 Å². The van der Waals surface area contributed by atoms with E-state index >= 15 is 0 Å². The van der Waals surface area contributed by atoms with Crippen LogP contribution in [0.4, 0.5) is 5.69 Å². The van der Waals surface area contributed by atoms with Crippen molar-refractivity contribution in [1.29, 1.82) is 0 Å². The number of non-ortho nitro benzene ring substituents is 1. The van der Waals surface area contributed by atoms with Crippen LogP contribution in [0.5, 0.6) is 0 Å². The molecule has 8 heteroatoms.